The number of ether oxygens (including phenoxy) is 1. The van der Waals surface area contributed by atoms with Crippen molar-refractivity contribution in [1.29, 1.82) is 0 Å². The highest BCUT2D eigenvalue weighted by Crippen LogP contribution is 2.46. The molecule has 2 aliphatic rings. The van der Waals surface area contributed by atoms with Crippen LogP contribution in [0.3, 0.4) is 0 Å². The van der Waals surface area contributed by atoms with Crippen molar-refractivity contribution in [3.05, 3.63) is 0 Å². The van der Waals surface area contributed by atoms with E-state index in [9.17, 15) is 0 Å². The Morgan fingerprint density at radius 1 is 1.18 bits per heavy atom. The summed E-state index contributed by atoms with van der Waals surface area (Å²) in [5.41, 5.74) is 0.458. The average molecular weight is 154 g/mol. The molecule has 0 spiro atoms. The molecule has 0 N–H and O–H groups in total. The van der Waals surface area contributed by atoms with Crippen LogP contribution in [0, 0.1) is 11.3 Å². The van der Waals surface area contributed by atoms with Gasteiger partial charge in [-0.15, -0.1) is 0 Å². The van der Waals surface area contributed by atoms with Crippen LogP contribution < -0.4 is 0 Å². The fraction of sp³-hybridized carbons (Fsp3) is 1.00. The lowest BCUT2D eigenvalue weighted by molar-refractivity contribution is 0.0685. The van der Waals surface area contributed by atoms with Crippen molar-refractivity contribution in [2.75, 3.05) is 0 Å². The topological polar surface area (TPSA) is 9.23 Å². The zero-order valence-corrected chi connectivity index (χ0v) is 7.76. The van der Waals surface area contributed by atoms with Crippen molar-refractivity contribution in [1.82, 2.24) is 0 Å². The van der Waals surface area contributed by atoms with E-state index in [-0.39, 0.29) is 0 Å². The summed E-state index contributed by atoms with van der Waals surface area (Å²) in [7, 11) is 0. The van der Waals surface area contributed by atoms with E-state index < -0.39 is 0 Å². The number of hydrogen-bond donors (Lipinski definition) is 0. The fourth-order valence-electron chi connectivity index (χ4n) is 2.55. The largest absolute Gasteiger partial charge is 0.375 e. The van der Waals surface area contributed by atoms with E-state index in [0.717, 1.165) is 5.92 Å². The summed E-state index contributed by atoms with van der Waals surface area (Å²) in [5, 5.41) is 0. The Bertz CT molecular complexity index is 157. The maximum Gasteiger partial charge on any atom is 0.0613 e. The third kappa shape index (κ3) is 1.20. The number of hydrogen-bond acceptors (Lipinski definition) is 1. The van der Waals surface area contributed by atoms with Crippen molar-refractivity contribution in [3.8, 4) is 0 Å². The minimum atomic E-state index is 0.458. The molecule has 11 heavy (non-hydrogen) atoms. The lowest BCUT2D eigenvalue weighted by Crippen LogP contribution is -2.29. The van der Waals surface area contributed by atoms with Gasteiger partial charge in [0.05, 0.1) is 12.2 Å². The van der Waals surface area contributed by atoms with E-state index in [2.05, 4.69) is 20.8 Å². The molecule has 0 amide bonds. The highest BCUT2D eigenvalue weighted by Gasteiger charge is 2.45. The van der Waals surface area contributed by atoms with Gasteiger partial charge >= 0.3 is 0 Å². The highest BCUT2D eigenvalue weighted by molar-refractivity contribution is 4.94. The summed E-state index contributed by atoms with van der Waals surface area (Å²) in [6.07, 6.45) is 5.15. The van der Waals surface area contributed by atoms with Crippen LogP contribution in [-0.2, 0) is 4.74 Å². The first-order chi connectivity index (χ1) is 5.07. The van der Waals surface area contributed by atoms with Crippen LogP contribution in [0.5, 0.6) is 0 Å². The summed E-state index contributed by atoms with van der Waals surface area (Å²) in [5.74, 6) is 0.821. The first-order valence-corrected chi connectivity index (χ1v) is 4.73. The zero-order valence-electron chi connectivity index (χ0n) is 7.76. The van der Waals surface area contributed by atoms with Gasteiger partial charge in [-0.05, 0) is 30.6 Å². The molecule has 2 rings (SSSR count). The Balaban J connectivity index is 2.08. The summed E-state index contributed by atoms with van der Waals surface area (Å²) in [6.45, 7) is 7.01. The molecule has 3 atom stereocenters. The van der Waals surface area contributed by atoms with Gasteiger partial charge < -0.3 is 4.74 Å². The second kappa shape index (κ2) is 2.22. The lowest BCUT2D eigenvalue weighted by atomic mass is 9.72. The molecule has 1 heteroatoms. The lowest BCUT2D eigenvalue weighted by Gasteiger charge is -2.31. The normalized spacial score (nSPS) is 43.4. The maximum atomic E-state index is 5.81. The molecule has 0 radical (unpaired) electrons. The second-order valence-corrected chi connectivity index (χ2v) is 5.08. The number of fused-ring (bicyclic) bond motifs is 2. The van der Waals surface area contributed by atoms with Gasteiger partial charge in [0.25, 0.3) is 0 Å². The molecule has 0 aliphatic carbocycles. The van der Waals surface area contributed by atoms with Crippen LogP contribution in [0.1, 0.15) is 40.0 Å². The summed E-state index contributed by atoms with van der Waals surface area (Å²) in [4.78, 5) is 0. The third-order valence-electron chi connectivity index (χ3n) is 3.22. The third-order valence-corrected chi connectivity index (χ3v) is 3.22. The molecular formula is C10H18O. The van der Waals surface area contributed by atoms with E-state index in [4.69, 9.17) is 4.74 Å². The zero-order chi connectivity index (χ0) is 8.06. The second-order valence-electron chi connectivity index (χ2n) is 5.08. The minimum Gasteiger partial charge on any atom is -0.375 e. The molecule has 0 aromatic rings. The van der Waals surface area contributed by atoms with Gasteiger partial charge in [-0.25, -0.2) is 0 Å². The molecule has 2 aliphatic heterocycles. The van der Waals surface area contributed by atoms with Crippen LogP contribution in [0.25, 0.3) is 0 Å². The first-order valence-electron chi connectivity index (χ1n) is 4.73. The van der Waals surface area contributed by atoms with Gasteiger partial charge in [0.1, 0.15) is 0 Å². The minimum absolute atomic E-state index is 0.458. The Morgan fingerprint density at radius 2 is 1.91 bits per heavy atom. The van der Waals surface area contributed by atoms with Crippen molar-refractivity contribution in [2.45, 2.75) is 52.2 Å². The molecule has 2 bridgehead atoms. The molecule has 0 aromatic heterocycles. The molecule has 0 aromatic carbocycles. The van der Waals surface area contributed by atoms with Crippen LogP contribution >= 0.6 is 0 Å². The molecular weight excluding hydrogens is 136 g/mol. The van der Waals surface area contributed by atoms with E-state index in [1.807, 2.05) is 0 Å². The van der Waals surface area contributed by atoms with Crippen LogP contribution in [0.15, 0.2) is 0 Å². The van der Waals surface area contributed by atoms with Crippen LogP contribution in [0.2, 0.25) is 0 Å². The number of rotatable bonds is 0. The first kappa shape index (κ1) is 7.60. The maximum absolute atomic E-state index is 5.81. The van der Waals surface area contributed by atoms with Gasteiger partial charge in [-0.3, -0.25) is 0 Å². The summed E-state index contributed by atoms with van der Waals surface area (Å²) >= 11 is 0. The van der Waals surface area contributed by atoms with Gasteiger partial charge in [0, 0.05) is 0 Å². The van der Waals surface area contributed by atoms with E-state index in [0.29, 0.717) is 17.6 Å². The highest BCUT2D eigenvalue weighted by atomic mass is 16.5. The summed E-state index contributed by atoms with van der Waals surface area (Å²) in [6, 6.07) is 0. The van der Waals surface area contributed by atoms with Gasteiger partial charge in [0.2, 0.25) is 0 Å². The smallest absolute Gasteiger partial charge is 0.0613 e. The predicted octanol–water partition coefficient (Wildman–Crippen LogP) is 2.60. The molecule has 0 unspecified atom stereocenters. The quantitative estimate of drug-likeness (QED) is 0.521. The fourth-order valence-corrected chi connectivity index (χ4v) is 2.55. The Labute approximate surface area is 69.1 Å². The van der Waals surface area contributed by atoms with Crippen molar-refractivity contribution in [2.24, 2.45) is 11.3 Å². The van der Waals surface area contributed by atoms with E-state index in [1.54, 1.807) is 0 Å². The molecule has 2 heterocycles. The average Bonchev–Trinajstić information content (AvgIpc) is 2.42. The van der Waals surface area contributed by atoms with Crippen molar-refractivity contribution >= 4 is 0 Å². The Morgan fingerprint density at radius 3 is 2.18 bits per heavy atom. The molecule has 1 nitrogen and oxygen atoms in total. The van der Waals surface area contributed by atoms with E-state index in [1.165, 1.54) is 19.3 Å². The van der Waals surface area contributed by atoms with Crippen molar-refractivity contribution < 1.29 is 4.74 Å². The SMILES string of the molecule is CC(C)(C)[C@H]1C[C@H]2CC[C@@H]1O2. The molecule has 0 saturated carbocycles. The monoisotopic (exact) mass is 154 g/mol. The van der Waals surface area contributed by atoms with Gasteiger partial charge in [-0.2, -0.15) is 0 Å². The van der Waals surface area contributed by atoms with E-state index >= 15 is 0 Å². The molecule has 64 valence electrons. The summed E-state index contributed by atoms with van der Waals surface area (Å²) < 4.78 is 5.81. The van der Waals surface area contributed by atoms with Gasteiger partial charge in [-0.1, -0.05) is 20.8 Å². The molecule has 2 fully saturated rings. The Kier molecular flexibility index (Phi) is 1.54. The van der Waals surface area contributed by atoms with Gasteiger partial charge in [0.15, 0.2) is 0 Å². The standard InChI is InChI=1S/C10H18O/c1-10(2,3)8-6-7-4-5-9(8)11-7/h7-9H,4-6H2,1-3H3/t7-,8+,9+/m1/s1. The van der Waals surface area contributed by atoms with Crippen LogP contribution in [0.4, 0.5) is 0 Å². The van der Waals surface area contributed by atoms with Crippen LogP contribution in [-0.4, -0.2) is 12.2 Å². The Hall–Kier alpha value is -0.0400. The predicted molar refractivity (Wildman–Crippen MR) is 45.5 cm³/mol. The molecule has 2 saturated heterocycles. The van der Waals surface area contributed by atoms with Crippen molar-refractivity contribution in [3.63, 3.8) is 0 Å².